The fourth-order valence-corrected chi connectivity index (χ4v) is 3.33. The number of anilines is 3. The van der Waals surface area contributed by atoms with E-state index in [1.165, 1.54) is 16.7 Å². The van der Waals surface area contributed by atoms with Crippen LogP contribution in [0.3, 0.4) is 0 Å². The molecule has 0 radical (unpaired) electrons. The second kappa shape index (κ2) is 7.47. The van der Waals surface area contributed by atoms with Crippen molar-refractivity contribution in [3.8, 4) is 5.75 Å². The highest BCUT2D eigenvalue weighted by atomic mass is 32.2. The van der Waals surface area contributed by atoms with Gasteiger partial charge >= 0.3 is 6.03 Å². The van der Waals surface area contributed by atoms with E-state index in [1.54, 1.807) is 36.5 Å². The number of urea groups is 1. The van der Waals surface area contributed by atoms with E-state index >= 15 is 0 Å². The molecular formula is C20H19N5O2S. The Morgan fingerprint density at radius 2 is 1.86 bits per heavy atom. The van der Waals surface area contributed by atoms with Crippen molar-refractivity contribution in [3.05, 3.63) is 59.9 Å². The molecule has 4 rings (SSSR count). The number of amides is 2. The lowest BCUT2D eigenvalue weighted by Gasteiger charge is -2.35. The zero-order chi connectivity index (χ0) is 19.7. The first-order valence-corrected chi connectivity index (χ1v) is 9.91. The fourth-order valence-electron chi connectivity index (χ4n) is 2.99. The predicted molar refractivity (Wildman–Crippen MR) is 109 cm³/mol. The number of benzene rings is 1. The molecular weight excluding hydrogens is 374 g/mol. The molecule has 8 heteroatoms. The zero-order valence-corrected chi connectivity index (χ0v) is 16.6. The maximum atomic E-state index is 13.4. The number of aryl methyl sites for hydroxylation is 1. The molecule has 0 unspecified atom stereocenters. The summed E-state index contributed by atoms with van der Waals surface area (Å²) in [5.41, 5.74) is 2.81. The molecule has 0 saturated heterocycles. The van der Waals surface area contributed by atoms with E-state index in [1.807, 2.05) is 37.4 Å². The first-order chi connectivity index (χ1) is 13.6. The van der Waals surface area contributed by atoms with Gasteiger partial charge < -0.3 is 4.74 Å². The van der Waals surface area contributed by atoms with E-state index in [0.717, 1.165) is 16.8 Å². The molecule has 0 spiro atoms. The van der Waals surface area contributed by atoms with Crippen molar-refractivity contribution in [2.75, 3.05) is 23.2 Å². The summed E-state index contributed by atoms with van der Waals surface area (Å²) < 4.78 is 5.19. The summed E-state index contributed by atoms with van der Waals surface area (Å²) in [7, 11) is 1.58. The number of fused-ring (bicyclic) bond motifs is 1. The van der Waals surface area contributed by atoms with Gasteiger partial charge in [0.05, 0.1) is 19.9 Å². The normalized spacial score (nSPS) is 13.5. The molecule has 0 fully saturated rings. The molecule has 142 valence electrons. The largest absolute Gasteiger partial charge is 0.495 e. The molecule has 1 aromatic carbocycles. The third-order valence-electron chi connectivity index (χ3n) is 4.50. The first kappa shape index (κ1) is 18.2. The van der Waals surface area contributed by atoms with E-state index in [4.69, 9.17) is 4.74 Å². The fraction of sp³-hybridized carbons (Fsp3) is 0.200. The van der Waals surface area contributed by atoms with Crippen LogP contribution in [0.2, 0.25) is 0 Å². The minimum atomic E-state index is -0.209. The number of pyridine rings is 1. The van der Waals surface area contributed by atoms with Crippen LogP contribution in [0.15, 0.2) is 53.9 Å². The van der Waals surface area contributed by atoms with E-state index < -0.39 is 0 Å². The molecule has 0 N–H and O–H groups in total. The van der Waals surface area contributed by atoms with E-state index in [-0.39, 0.29) is 6.03 Å². The third-order valence-corrected chi connectivity index (χ3v) is 5.06. The SMILES string of the molecule is COc1ccc(N2C(=O)N(c3ccc(C)cc3)Cc3cnc(SC)nc32)nc1. The minimum Gasteiger partial charge on any atom is -0.495 e. The van der Waals surface area contributed by atoms with Crippen molar-refractivity contribution in [1.82, 2.24) is 15.0 Å². The Morgan fingerprint density at radius 3 is 2.50 bits per heavy atom. The Labute approximate surface area is 167 Å². The van der Waals surface area contributed by atoms with Crippen LogP contribution in [0, 0.1) is 6.92 Å². The van der Waals surface area contributed by atoms with Crippen molar-refractivity contribution >= 4 is 35.1 Å². The second-order valence-electron chi connectivity index (χ2n) is 6.30. The monoisotopic (exact) mass is 393 g/mol. The molecule has 3 heterocycles. The number of ether oxygens (including phenoxy) is 1. The molecule has 1 aliphatic heterocycles. The Bertz CT molecular complexity index is 1010. The summed E-state index contributed by atoms with van der Waals surface area (Å²) in [6.45, 7) is 2.42. The maximum absolute atomic E-state index is 13.4. The Morgan fingerprint density at radius 1 is 1.07 bits per heavy atom. The number of aromatic nitrogens is 3. The highest BCUT2D eigenvalue weighted by Gasteiger charge is 2.35. The van der Waals surface area contributed by atoms with Crippen molar-refractivity contribution in [2.24, 2.45) is 0 Å². The lowest BCUT2D eigenvalue weighted by Crippen LogP contribution is -2.45. The summed E-state index contributed by atoms with van der Waals surface area (Å²) in [5, 5.41) is 0.605. The molecule has 3 aromatic rings. The minimum absolute atomic E-state index is 0.209. The second-order valence-corrected chi connectivity index (χ2v) is 7.07. The van der Waals surface area contributed by atoms with Crippen LogP contribution >= 0.6 is 11.8 Å². The van der Waals surface area contributed by atoms with Crippen molar-refractivity contribution in [2.45, 2.75) is 18.6 Å². The quantitative estimate of drug-likeness (QED) is 0.489. The molecule has 2 amide bonds. The van der Waals surface area contributed by atoms with Gasteiger partial charge in [-0.3, -0.25) is 4.90 Å². The van der Waals surface area contributed by atoms with Gasteiger partial charge in [-0.25, -0.2) is 24.6 Å². The number of methoxy groups -OCH3 is 1. The van der Waals surface area contributed by atoms with Gasteiger partial charge in [-0.05, 0) is 37.4 Å². The van der Waals surface area contributed by atoms with Gasteiger partial charge in [-0.15, -0.1) is 0 Å². The summed E-state index contributed by atoms with van der Waals surface area (Å²) in [6.07, 6.45) is 5.27. The van der Waals surface area contributed by atoms with Crippen LogP contribution in [0.25, 0.3) is 0 Å². The lowest BCUT2D eigenvalue weighted by molar-refractivity contribution is 0.252. The molecule has 0 atom stereocenters. The molecule has 7 nitrogen and oxygen atoms in total. The van der Waals surface area contributed by atoms with Crippen molar-refractivity contribution in [3.63, 3.8) is 0 Å². The topological polar surface area (TPSA) is 71.5 Å². The smallest absolute Gasteiger partial charge is 0.336 e. The van der Waals surface area contributed by atoms with Crippen LogP contribution in [-0.2, 0) is 6.54 Å². The van der Waals surface area contributed by atoms with Crippen LogP contribution < -0.4 is 14.5 Å². The van der Waals surface area contributed by atoms with Crippen LogP contribution in [0.5, 0.6) is 5.75 Å². The standard InChI is InChI=1S/C20H19N5O2S/c1-13-4-6-15(7-5-13)24-12-14-10-22-19(28-3)23-18(14)25(20(24)26)17-9-8-16(27-2)11-21-17/h4-11H,12H2,1-3H3. The summed E-state index contributed by atoms with van der Waals surface area (Å²) in [5.74, 6) is 1.66. The lowest BCUT2D eigenvalue weighted by atomic mass is 10.1. The number of carbonyl (C=O) groups is 1. The van der Waals surface area contributed by atoms with Crippen molar-refractivity contribution < 1.29 is 9.53 Å². The average molecular weight is 393 g/mol. The van der Waals surface area contributed by atoms with Gasteiger partial charge in [-0.1, -0.05) is 29.5 Å². The molecule has 0 bridgehead atoms. The summed E-state index contributed by atoms with van der Waals surface area (Å²) in [4.78, 5) is 30.0. The third kappa shape index (κ3) is 3.27. The number of nitrogens with zero attached hydrogens (tertiary/aromatic N) is 5. The van der Waals surface area contributed by atoms with E-state index in [0.29, 0.717) is 29.1 Å². The van der Waals surface area contributed by atoms with E-state index in [9.17, 15) is 4.79 Å². The highest BCUT2D eigenvalue weighted by molar-refractivity contribution is 7.98. The van der Waals surface area contributed by atoms with Crippen LogP contribution in [0.1, 0.15) is 11.1 Å². The zero-order valence-electron chi connectivity index (χ0n) is 15.8. The van der Waals surface area contributed by atoms with Gasteiger partial charge in [0.2, 0.25) is 0 Å². The molecule has 2 aromatic heterocycles. The summed E-state index contributed by atoms with van der Waals surface area (Å²) in [6, 6.07) is 11.2. The van der Waals surface area contributed by atoms with Gasteiger partial charge in [0.15, 0.2) is 11.0 Å². The highest BCUT2D eigenvalue weighted by Crippen LogP contribution is 2.35. The maximum Gasteiger partial charge on any atom is 0.336 e. The van der Waals surface area contributed by atoms with Crippen LogP contribution in [-0.4, -0.2) is 34.3 Å². The van der Waals surface area contributed by atoms with Crippen molar-refractivity contribution in [1.29, 1.82) is 0 Å². The Balaban J connectivity index is 1.83. The van der Waals surface area contributed by atoms with Crippen LogP contribution in [0.4, 0.5) is 22.1 Å². The predicted octanol–water partition coefficient (Wildman–Crippen LogP) is 4.19. The number of thioether (sulfide) groups is 1. The average Bonchev–Trinajstić information content (AvgIpc) is 2.74. The molecule has 0 aliphatic carbocycles. The van der Waals surface area contributed by atoms with E-state index in [2.05, 4.69) is 15.0 Å². The Kier molecular flexibility index (Phi) is 4.87. The van der Waals surface area contributed by atoms with Gasteiger partial charge in [0.25, 0.3) is 0 Å². The Hall–Kier alpha value is -3.13. The number of rotatable bonds is 4. The first-order valence-electron chi connectivity index (χ1n) is 8.69. The number of hydrogen-bond acceptors (Lipinski definition) is 6. The number of hydrogen-bond donors (Lipinski definition) is 0. The molecule has 28 heavy (non-hydrogen) atoms. The molecule has 0 saturated carbocycles. The van der Waals surface area contributed by atoms with Gasteiger partial charge in [0, 0.05) is 17.4 Å². The number of carbonyl (C=O) groups excluding carboxylic acids is 1. The molecule has 1 aliphatic rings. The van der Waals surface area contributed by atoms with Gasteiger partial charge in [-0.2, -0.15) is 0 Å². The van der Waals surface area contributed by atoms with Gasteiger partial charge in [0.1, 0.15) is 11.6 Å². The summed E-state index contributed by atoms with van der Waals surface area (Å²) >= 11 is 1.43.